The summed E-state index contributed by atoms with van der Waals surface area (Å²) >= 11 is 0. The van der Waals surface area contributed by atoms with E-state index < -0.39 is 4.92 Å². The van der Waals surface area contributed by atoms with Crippen molar-refractivity contribution in [3.05, 3.63) is 39.9 Å². The number of nitro benzene ring substituents is 1. The highest BCUT2D eigenvalue weighted by atomic mass is 16.6. The molecule has 0 saturated carbocycles. The van der Waals surface area contributed by atoms with Gasteiger partial charge in [-0.25, -0.2) is 0 Å². The van der Waals surface area contributed by atoms with Crippen LogP contribution >= 0.6 is 0 Å². The maximum absolute atomic E-state index is 12.6. The number of piperidine rings is 1. The molecule has 114 valence electrons. The number of carbonyl (C=O) groups excluding carboxylic acids is 1. The SMILES string of the molecule is CCN(CC1CCCNC1)C(=O)c1ccccc1[N+](=O)[O-]. The molecule has 1 aromatic carbocycles. The lowest BCUT2D eigenvalue weighted by molar-refractivity contribution is -0.385. The Morgan fingerprint density at radius 3 is 2.86 bits per heavy atom. The van der Waals surface area contributed by atoms with E-state index >= 15 is 0 Å². The van der Waals surface area contributed by atoms with Crippen molar-refractivity contribution < 1.29 is 9.72 Å². The second-order valence-electron chi connectivity index (χ2n) is 5.33. The van der Waals surface area contributed by atoms with Gasteiger partial charge < -0.3 is 10.2 Å². The topological polar surface area (TPSA) is 75.5 Å². The molecule has 1 N–H and O–H groups in total. The zero-order valence-electron chi connectivity index (χ0n) is 12.2. The molecule has 0 aliphatic carbocycles. The van der Waals surface area contributed by atoms with E-state index in [2.05, 4.69) is 5.32 Å². The predicted molar refractivity (Wildman–Crippen MR) is 80.3 cm³/mol. The molecule has 1 atom stereocenters. The van der Waals surface area contributed by atoms with Crippen LogP contribution in [0.4, 0.5) is 5.69 Å². The molecule has 1 heterocycles. The van der Waals surface area contributed by atoms with Crippen LogP contribution in [0.3, 0.4) is 0 Å². The number of nitro groups is 1. The van der Waals surface area contributed by atoms with Gasteiger partial charge in [-0.3, -0.25) is 14.9 Å². The molecule has 1 unspecified atom stereocenters. The first-order valence-electron chi connectivity index (χ1n) is 7.37. The van der Waals surface area contributed by atoms with Gasteiger partial charge in [-0.2, -0.15) is 0 Å². The second-order valence-corrected chi connectivity index (χ2v) is 5.33. The van der Waals surface area contributed by atoms with Gasteiger partial charge in [0.2, 0.25) is 0 Å². The Hall–Kier alpha value is -1.95. The summed E-state index contributed by atoms with van der Waals surface area (Å²) < 4.78 is 0. The number of para-hydroxylation sites is 1. The summed E-state index contributed by atoms with van der Waals surface area (Å²) in [5.74, 6) is 0.167. The van der Waals surface area contributed by atoms with Gasteiger partial charge in [0.05, 0.1) is 4.92 Å². The van der Waals surface area contributed by atoms with Gasteiger partial charge in [0, 0.05) is 19.2 Å². The zero-order chi connectivity index (χ0) is 15.2. The minimum atomic E-state index is -0.497. The maximum Gasteiger partial charge on any atom is 0.282 e. The first-order valence-corrected chi connectivity index (χ1v) is 7.37. The number of nitrogens with zero attached hydrogens (tertiary/aromatic N) is 2. The first-order chi connectivity index (χ1) is 10.1. The molecule has 1 amide bonds. The molecule has 1 fully saturated rings. The van der Waals surface area contributed by atoms with E-state index in [1.165, 1.54) is 12.1 Å². The molecule has 21 heavy (non-hydrogen) atoms. The number of hydrogen-bond donors (Lipinski definition) is 1. The Balaban J connectivity index is 2.14. The molecule has 1 aromatic rings. The Morgan fingerprint density at radius 1 is 1.48 bits per heavy atom. The molecule has 2 rings (SSSR count). The highest BCUT2D eigenvalue weighted by Gasteiger charge is 2.25. The number of hydrogen-bond acceptors (Lipinski definition) is 4. The molecular formula is C15H21N3O3. The van der Waals surface area contributed by atoms with Crippen LogP contribution in [0.2, 0.25) is 0 Å². The molecular weight excluding hydrogens is 270 g/mol. The molecule has 6 heteroatoms. The summed E-state index contributed by atoms with van der Waals surface area (Å²) in [5, 5.41) is 14.4. The Kier molecular flexibility index (Phi) is 5.27. The molecule has 1 aliphatic rings. The lowest BCUT2D eigenvalue weighted by Gasteiger charge is -2.29. The Labute approximate surface area is 124 Å². The van der Waals surface area contributed by atoms with E-state index in [1.54, 1.807) is 17.0 Å². The molecule has 0 bridgehead atoms. The minimum absolute atomic E-state index is 0.122. The van der Waals surface area contributed by atoms with E-state index in [-0.39, 0.29) is 17.2 Å². The normalized spacial score (nSPS) is 18.2. The van der Waals surface area contributed by atoms with E-state index in [4.69, 9.17) is 0 Å². The minimum Gasteiger partial charge on any atom is -0.338 e. The number of carbonyl (C=O) groups is 1. The van der Waals surface area contributed by atoms with Crippen molar-refractivity contribution in [1.82, 2.24) is 10.2 Å². The molecule has 0 spiro atoms. The first kappa shape index (κ1) is 15.4. The molecule has 6 nitrogen and oxygen atoms in total. The quantitative estimate of drug-likeness (QED) is 0.665. The van der Waals surface area contributed by atoms with Crippen LogP contribution in [-0.4, -0.2) is 41.9 Å². The molecule has 0 radical (unpaired) electrons. The van der Waals surface area contributed by atoms with Crippen molar-refractivity contribution in [2.45, 2.75) is 19.8 Å². The van der Waals surface area contributed by atoms with Crippen molar-refractivity contribution in [3.63, 3.8) is 0 Å². The Bertz CT molecular complexity index is 513. The smallest absolute Gasteiger partial charge is 0.282 e. The molecule has 0 aromatic heterocycles. The third-order valence-electron chi connectivity index (χ3n) is 3.88. The van der Waals surface area contributed by atoms with Gasteiger partial charge in [-0.05, 0) is 44.8 Å². The van der Waals surface area contributed by atoms with E-state index in [0.29, 0.717) is 19.0 Å². The van der Waals surface area contributed by atoms with Crippen LogP contribution in [0.1, 0.15) is 30.1 Å². The number of nitrogens with one attached hydrogen (secondary N) is 1. The van der Waals surface area contributed by atoms with Crippen molar-refractivity contribution >= 4 is 11.6 Å². The lowest BCUT2D eigenvalue weighted by Crippen LogP contribution is -2.41. The van der Waals surface area contributed by atoms with Gasteiger partial charge >= 0.3 is 0 Å². The van der Waals surface area contributed by atoms with Crippen LogP contribution in [0.15, 0.2) is 24.3 Å². The summed E-state index contributed by atoms with van der Waals surface area (Å²) in [7, 11) is 0. The fraction of sp³-hybridized carbons (Fsp3) is 0.533. The fourth-order valence-corrected chi connectivity index (χ4v) is 2.73. The molecule has 1 aliphatic heterocycles. The number of rotatable bonds is 5. The van der Waals surface area contributed by atoms with Gasteiger partial charge in [0.1, 0.15) is 5.56 Å². The standard InChI is InChI=1S/C15H21N3O3/c1-2-17(11-12-6-5-9-16-10-12)15(19)13-7-3-4-8-14(13)18(20)21/h3-4,7-8,12,16H,2,5-6,9-11H2,1H3. The largest absolute Gasteiger partial charge is 0.338 e. The van der Waals surface area contributed by atoms with Gasteiger partial charge in [-0.1, -0.05) is 12.1 Å². The average molecular weight is 291 g/mol. The van der Waals surface area contributed by atoms with Crippen molar-refractivity contribution in [2.75, 3.05) is 26.2 Å². The highest BCUT2D eigenvalue weighted by Crippen LogP contribution is 2.21. The molecule has 1 saturated heterocycles. The van der Waals surface area contributed by atoms with Crippen molar-refractivity contribution in [1.29, 1.82) is 0 Å². The van der Waals surface area contributed by atoms with Crippen LogP contribution in [-0.2, 0) is 0 Å². The van der Waals surface area contributed by atoms with Crippen LogP contribution < -0.4 is 5.32 Å². The van der Waals surface area contributed by atoms with E-state index in [1.807, 2.05) is 6.92 Å². The summed E-state index contributed by atoms with van der Waals surface area (Å²) in [6, 6.07) is 6.15. The van der Waals surface area contributed by atoms with Crippen LogP contribution in [0.5, 0.6) is 0 Å². The monoisotopic (exact) mass is 291 g/mol. The summed E-state index contributed by atoms with van der Waals surface area (Å²) in [6.45, 7) is 5.04. The van der Waals surface area contributed by atoms with Crippen LogP contribution in [0.25, 0.3) is 0 Å². The predicted octanol–water partition coefficient (Wildman–Crippen LogP) is 2.06. The highest BCUT2D eigenvalue weighted by molar-refractivity contribution is 5.98. The van der Waals surface area contributed by atoms with Gasteiger partial charge in [-0.15, -0.1) is 0 Å². The Morgan fingerprint density at radius 2 is 2.24 bits per heavy atom. The summed E-state index contributed by atoms with van der Waals surface area (Å²) in [5.41, 5.74) is 0.0517. The maximum atomic E-state index is 12.6. The summed E-state index contributed by atoms with van der Waals surface area (Å²) in [4.78, 5) is 24.8. The van der Waals surface area contributed by atoms with Crippen molar-refractivity contribution in [3.8, 4) is 0 Å². The lowest BCUT2D eigenvalue weighted by atomic mass is 9.98. The number of amides is 1. The van der Waals surface area contributed by atoms with Crippen molar-refractivity contribution in [2.24, 2.45) is 5.92 Å². The van der Waals surface area contributed by atoms with Gasteiger partial charge in [0.25, 0.3) is 11.6 Å². The number of benzene rings is 1. The summed E-state index contributed by atoms with van der Waals surface area (Å²) in [6.07, 6.45) is 2.20. The second kappa shape index (κ2) is 7.17. The van der Waals surface area contributed by atoms with E-state index in [0.717, 1.165) is 25.9 Å². The van der Waals surface area contributed by atoms with E-state index in [9.17, 15) is 14.9 Å². The zero-order valence-corrected chi connectivity index (χ0v) is 12.2. The fourth-order valence-electron chi connectivity index (χ4n) is 2.73. The third kappa shape index (κ3) is 3.78. The van der Waals surface area contributed by atoms with Gasteiger partial charge in [0.15, 0.2) is 0 Å². The average Bonchev–Trinajstić information content (AvgIpc) is 2.53. The van der Waals surface area contributed by atoms with Crippen LogP contribution in [0, 0.1) is 16.0 Å². The third-order valence-corrected chi connectivity index (χ3v) is 3.88.